The summed E-state index contributed by atoms with van der Waals surface area (Å²) in [5.41, 5.74) is 1.71. The van der Waals surface area contributed by atoms with Crippen LogP contribution in [-0.4, -0.2) is 30.9 Å². The van der Waals surface area contributed by atoms with Crippen molar-refractivity contribution in [2.24, 2.45) is 4.99 Å². The zero-order valence-corrected chi connectivity index (χ0v) is 22.4. The molecule has 0 bridgehead atoms. The number of hydrogen-bond acceptors (Lipinski definition) is 7. The molecule has 5 rings (SSSR count). The van der Waals surface area contributed by atoms with Crippen molar-refractivity contribution in [2.45, 2.75) is 19.6 Å². The number of para-hydroxylation sites is 1. The summed E-state index contributed by atoms with van der Waals surface area (Å²) in [6, 6.07) is 21.6. The second-order valence-corrected chi connectivity index (χ2v) is 9.63. The van der Waals surface area contributed by atoms with Crippen molar-refractivity contribution in [1.29, 1.82) is 0 Å². The van der Waals surface area contributed by atoms with E-state index in [4.69, 9.17) is 14.5 Å². The number of thiazole rings is 1. The fraction of sp³-hybridized carbons (Fsp3) is 0.167. The highest BCUT2D eigenvalue weighted by atomic mass is 32.1. The van der Waals surface area contributed by atoms with E-state index in [-0.39, 0.29) is 22.5 Å². The van der Waals surface area contributed by atoms with Crippen LogP contribution in [0.5, 0.6) is 11.5 Å². The first-order valence-electron chi connectivity index (χ1n) is 12.4. The molecule has 1 atom stereocenters. The third-order valence-corrected chi connectivity index (χ3v) is 7.19. The molecule has 0 saturated carbocycles. The van der Waals surface area contributed by atoms with Gasteiger partial charge < -0.3 is 14.2 Å². The summed E-state index contributed by atoms with van der Waals surface area (Å²) in [7, 11) is 1.53. The van der Waals surface area contributed by atoms with Crippen LogP contribution in [0.15, 0.2) is 94.2 Å². The molecule has 204 valence electrons. The molecular formula is C30H24F2N2O5S. The van der Waals surface area contributed by atoms with Gasteiger partial charge in [-0.1, -0.05) is 72.0 Å². The van der Waals surface area contributed by atoms with Crippen LogP contribution < -0.4 is 24.4 Å². The van der Waals surface area contributed by atoms with E-state index in [1.54, 1.807) is 49.4 Å². The highest BCUT2D eigenvalue weighted by molar-refractivity contribution is 7.07. The molecule has 0 saturated heterocycles. The third kappa shape index (κ3) is 5.30. The van der Waals surface area contributed by atoms with Crippen LogP contribution in [0.3, 0.4) is 0 Å². The van der Waals surface area contributed by atoms with Crippen molar-refractivity contribution in [1.82, 2.24) is 4.57 Å². The van der Waals surface area contributed by atoms with E-state index in [0.29, 0.717) is 32.9 Å². The first kappa shape index (κ1) is 27.0. The Bertz CT molecular complexity index is 1760. The number of hydrogen-bond donors (Lipinski definition) is 0. The number of methoxy groups -OCH3 is 1. The van der Waals surface area contributed by atoms with Crippen molar-refractivity contribution in [2.75, 3.05) is 13.7 Å². The molecule has 1 aliphatic heterocycles. The molecule has 1 aromatic heterocycles. The molecule has 40 heavy (non-hydrogen) atoms. The number of rotatable bonds is 8. The van der Waals surface area contributed by atoms with Gasteiger partial charge in [-0.15, -0.1) is 0 Å². The largest absolute Gasteiger partial charge is 0.497 e. The molecule has 0 radical (unpaired) electrons. The summed E-state index contributed by atoms with van der Waals surface area (Å²) in [4.78, 5) is 32.6. The number of nitrogens with zero attached hydrogens (tertiary/aromatic N) is 2. The maximum Gasteiger partial charge on any atom is 0.387 e. The standard InChI is InChI=1S/C30H24F2N2O5S/c1-3-38-28(36)24-25(18-10-5-4-6-11-18)33-30-34(26(24)20-13-9-14-21(16-20)37-2)27(35)23(40-30)17-19-12-7-8-15-22(19)39-29(31)32/h4-17,26,29H,3H2,1-2H3/b23-17+/t26-/m1/s1. The molecule has 0 amide bonds. The normalized spacial score (nSPS) is 15.0. The Balaban J connectivity index is 1.82. The average Bonchev–Trinajstić information content (AvgIpc) is 3.27. The number of carbonyl (C=O) groups is 1. The number of carbonyl (C=O) groups excluding carboxylic acids is 1. The van der Waals surface area contributed by atoms with E-state index in [9.17, 15) is 18.4 Å². The smallest absolute Gasteiger partial charge is 0.387 e. The van der Waals surface area contributed by atoms with E-state index in [1.165, 1.54) is 23.8 Å². The predicted octanol–water partition coefficient (Wildman–Crippen LogP) is 4.55. The second-order valence-electron chi connectivity index (χ2n) is 8.62. The maximum absolute atomic E-state index is 13.9. The van der Waals surface area contributed by atoms with Crippen LogP contribution in [-0.2, 0) is 9.53 Å². The van der Waals surface area contributed by atoms with Gasteiger partial charge in [-0.25, -0.2) is 9.79 Å². The Labute approximate surface area is 231 Å². The molecule has 2 heterocycles. The number of halogens is 2. The summed E-state index contributed by atoms with van der Waals surface area (Å²) in [6.07, 6.45) is 1.49. The number of aromatic nitrogens is 1. The highest BCUT2D eigenvalue weighted by Crippen LogP contribution is 2.36. The van der Waals surface area contributed by atoms with Crippen LogP contribution in [0.25, 0.3) is 11.8 Å². The summed E-state index contributed by atoms with van der Waals surface area (Å²) >= 11 is 1.09. The molecule has 1 aliphatic rings. The third-order valence-electron chi connectivity index (χ3n) is 6.20. The van der Waals surface area contributed by atoms with Gasteiger partial charge in [0.05, 0.1) is 35.6 Å². The summed E-state index contributed by atoms with van der Waals surface area (Å²) in [5.74, 6) is -0.132. The van der Waals surface area contributed by atoms with Crippen molar-refractivity contribution in [3.63, 3.8) is 0 Å². The molecular weight excluding hydrogens is 538 g/mol. The molecule has 0 aliphatic carbocycles. The molecule has 4 aromatic rings. The van der Waals surface area contributed by atoms with Gasteiger partial charge in [0.2, 0.25) is 0 Å². The Kier molecular flexibility index (Phi) is 7.88. The molecule has 0 unspecified atom stereocenters. The topological polar surface area (TPSA) is 79.1 Å². The zero-order valence-electron chi connectivity index (χ0n) is 21.5. The van der Waals surface area contributed by atoms with Gasteiger partial charge in [0.15, 0.2) is 4.80 Å². The maximum atomic E-state index is 13.9. The number of ether oxygens (including phenoxy) is 3. The average molecular weight is 563 g/mol. The molecule has 10 heteroatoms. The van der Waals surface area contributed by atoms with Gasteiger partial charge in [0.1, 0.15) is 11.5 Å². The van der Waals surface area contributed by atoms with Gasteiger partial charge in [0.25, 0.3) is 5.56 Å². The lowest BCUT2D eigenvalue weighted by Gasteiger charge is -2.26. The Morgan fingerprint density at radius 1 is 1.07 bits per heavy atom. The lowest BCUT2D eigenvalue weighted by Crippen LogP contribution is -2.40. The second kappa shape index (κ2) is 11.7. The predicted molar refractivity (Wildman–Crippen MR) is 147 cm³/mol. The van der Waals surface area contributed by atoms with Gasteiger partial charge in [0, 0.05) is 11.1 Å². The monoisotopic (exact) mass is 562 g/mol. The minimum Gasteiger partial charge on any atom is -0.497 e. The quantitative estimate of drug-likeness (QED) is 0.295. The summed E-state index contributed by atoms with van der Waals surface area (Å²) < 4.78 is 43.2. The number of benzene rings is 3. The Hall–Kier alpha value is -4.57. The number of fused-ring (bicyclic) bond motifs is 1. The van der Waals surface area contributed by atoms with Gasteiger partial charge >= 0.3 is 12.6 Å². The van der Waals surface area contributed by atoms with Gasteiger partial charge in [-0.05, 0) is 36.8 Å². The minimum absolute atomic E-state index is 0.0649. The van der Waals surface area contributed by atoms with E-state index in [0.717, 1.165) is 11.3 Å². The van der Waals surface area contributed by atoms with E-state index in [2.05, 4.69) is 4.74 Å². The lowest BCUT2D eigenvalue weighted by atomic mass is 9.93. The zero-order chi connectivity index (χ0) is 28.2. The van der Waals surface area contributed by atoms with Crippen LogP contribution in [0.2, 0.25) is 0 Å². The highest BCUT2D eigenvalue weighted by Gasteiger charge is 2.35. The molecule has 0 spiro atoms. The van der Waals surface area contributed by atoms with E-state index in [1.807, 2.05) is 30.3 Å². The van der Waals surface area contributed by atoms with Gasteiger partial charge in [-0.2, -0.15) is 8.78 Å². The van der Waals surface area contributed by atoms with Crippen molar-refractivity contribution in [3.8, 4) is 11.5 Å². The van der Waals surface area contributed by atoms with Crippen LogP contribution in [0, 0.1) is 0 Å². The van der Waals surface area contributed by atoms with Crippen molar-refractivity contribution >= 4 is 29.1 Å². The molecule has 0 fully saturated rings. The van der Waals surface area contributed by atoms with E-state index < -0.39 is 24.2 Å². The summed E-state index contributed by atoms with van der Waals surface area (Å²) in [6.45, 7) is -1.19. The van der Waals surface area contributed by atoms with E-state index >= 15 is 0 Å². The van der Waals surface area contributed by atoms with Crippen molar-refractivity contribution < 1.29 is 27.8 Å². The fourth-order valence-electron chi connectivity index (χ4n) is 4.51. The molecule has 7 nitrogen and oxygen atoms in total. The van der Waals surface area contributed by atoms with Crippen LogP contribution in [0.4, 0.5) is 8.78 Å². The Morgan fingerprint density at radius 2 is 1.82 bits per heavy atom. The summed E-state index contributed by atoms with van der Waals surface area (Å²) in [5, 5.41) is 0. The molecule has 3 aromatic carbocycles. The SMILES string of the molecule is CCOC(=O)C1=C(c2ccccc2)N=c2s/c(=C/c3ccccc3OC(F)F)c(=O)n2[C@@H]1c1cccc(OC)c1. The molecule has 0 N–H and O–H groups in total. The van der Waals surface area contributed by atoms with Crippen molar-refractivity contribution in [3.05, 3.63) is 121 Å². The Morgan fingerprint density at radius 3 is 2.55 bits per heavy atom. The van der Waals surface area contributed by atoms with Gasteiger partial charge in [-0.3, -0.25) is 9.36 Å². The minimum atomic E-state index is -3.02. The van der Waals surface area contributed by atoms with Crippen LogP contribution in [0.1, 0.15) is 29.7 Å². The first-order valence-corrected chi connectivity index (χ1v) is 13.2. The van der Waals surface area contributed by atoms with Crippen LogP contribution >= 0.6 is 11.3 Å². The fourth-order valence-corrected chi connectivity index (χ4v) is 5.50. The lowest BCUT2D eigenvalue weighted by molar-refractivity contribution is -0.138. The number of esters is 1. The first-order chi connectivity index (χ1) is 19.4. The number of alkyl halides is 2.